The minimum Gasteiger partial charge on any atom is -0.366 e. The summed E-state index contributed by atoms with van der Waals surface area (Å²) in [6, 6.07) is 4.55. The van der Waals surface area contributed by atoms with Gasteiger partial charge in [0, 0.05) is 5.69 Å². The number of aromatic nitrogens is 1. The summed E-state index contributed by atoms with van der Waals surface area (Å²) in [5.74, 6) is -0.923. The lowest BCUT2D eigenvalue weighted by atomic mass is 10.2. The lowest BCUT2D eigenvalue weighted by Gasteiger charge is -2.06. The summed E-state index contributed by atoms with van der Waals surface area (Å²) >= 11 is 7.08. The van der Waals surface area contributed by atoms with E-state index in [0.29, 0.717) is 16.3 Å². The van der Waals surface area contributed by atoms with Crippen LogP contribution in [0.2, 0.25) is 5.02 Å². The Morgan fingerprint density at radius 1 is 1.42 bits per heavy atom. The Morgan fingerprint density at radius 3 is 2.74 bits per heavy atom. The van der Waals surface area contributed by atoms with Crippen LogP contribution in [0.5, 0.6) is 0 Å². The number of hydrogen-bond donors (Lipinski definition) is 2. The molecular weight excluding hydrogens is 286 g/mol. The van der Waals surface area contributed by atoms with Crippen molar-refractivity contribution in [3.05, 3.63) is 44.9 Å². The number of primary amides is 1. The Bertz CT molecular complexity index is 654. The SMILES string of the molecule is Cc1ncsc1C(=O)Nc1ccc(Cl)c(C(N)=O)c1. The second-order valence-corrected chi connectivity index (χ2v) is 5.04. The van der Waals surface area contributed by atoms with Gasteiger partial charge in [-0.1, -0.05) is 11.6 Å². The molecule has 98 valence electrons. The molecule has 3 N–H and O–H groups in total. The van der Waals surface area contributed by atoms with E-state index in [0.717, 1.165) is 0 Å². The van der Waals surface area contributed by atoms with Gasteiger partial charge in [0.25, 0.3) is 5.91 Å². The zero-order valence-corrected chi connectivity index (χ0v) is 11.5. The van der Waals surface area contributed by atoms with Crippen LogP contribution in [-0.2, 0) is 0 Å². The van der Waals surface area contributed by atoms with E-state index in [2.05, 4.69) is 10.3 Å². The number of carbonyl (C=O) groups excluding carboxylic acids is 2. The van der Waals surface area contributed by atoms with Crippen molar-refractivity contribution in [2.75, 3.05) is 5.32 Å². The summed E-state index contributed by atoms with van der Waals surface area (Å²) < 4.78 is 0. The summed E-state index contributed by atoms with van der Waals surface area (Å²) in [6.07, 6.45) is 0. The van der Waals surface area contributed by atoms with Gasteiger partial charge >= 0.3 is 0 Å². The van der Waals surface area contributed by atoms with Crippen molar-refractivity contribution in [3.63, 3.8) is 0 Å². The largest absolute Gasteiger partial charge is 0.366 e. The number of thiazole rings is 1. The monoisotopic (exact) mass is 295 g/mol. The topological polar surface area (TPSA) is 85.1 Å². The van der Waals surface area contributed by atoms with E-state index < -0.39 is 5.91 Å². The van der Waals surface area contributed by atoms with Gasteiger partial charge in [-0.3, -0.25) is 9.59 Å². The van der Waals surface area contributed by atoms with Gasteiger partial charge in [-0.15, -0.1) is 11.3 Å². The Kier molecular flexibility index (Phi) is 3.82. The molecule has 1 aromatic heterocycles. The number of carbonyl (C=O) groups is 2. The molecular formula is C12H10ClN3O2S. The second-order valence-electron chi connectivity index (χ2n) is 3.78. The highest BCUT2D eigenvalue weighted by molar-refractivity contribution is 7.12. The van der Waals surface area contributed by atoms with Crippen molar-refractivity contribution in [1.29, 1.82) is 0 Å². The molecule has 1 aromatic carbocycles. The summed E-state index contributed by atoms with van der Waals surface area (Å²) in [7, 11) is 0. The first-order chi connectivity index (χ1) is 8.99. The van der Waals surface area contributed by atoms with Crippen LogP contribution in [0.3, 0.4) is 0 Å². The van der Waals surface area contributed by atoms with Crippen LogP contribution in [0.25, 0.3) is 0 Å². The highest BCUT2D eigenvalue weighted by Crippen LogP contribution is 2.21. The summed E-state index contributed by atoms with van der Waals surface area (Å²) in [4.78, 5) is 27.7. The predicted octanol–water partition coefficient (Wildman–Crippen LogP) is 2.46. The zero-order valence-electron chi connectivity index (χ0n) is 9.94. The van der Waals surface area contributed by atoms with Crippen LogP contribution < -0.4 is 11.1 Å². The zero-order chi connectivity index (χ0) is 14.0. The van der Waals surface area contributed by atoms with Gasteiger partial charge in [-0.25, -0.2) is 4.98 Å². The van der Waals surface area contributed by atoms with E-state index in [1.54, 1.807) is 18.5 Å². The molecule has 1 heterocycles. The number of anilines is 1. The molecule has 0 unspecified atom stereocenters. The molecule has 7 heteroatoms. The first kappa shape index (κ1) is 13.5. The lowest BCUT2D eigenvalue weighted by Crippen LogP contribution is -2.14. The number of benzene rings is 1. The van der Waals surface area contributed by atoms with Gasteiger partial charge < -0.3 is 11.1 Å². The smallest absolute Gasteiger partial charge is 0.267 e. The van der Waals surface area contributed by atoms with Crippen LogP contribution >= 0.6 is 22.9 Å². The van der Waals surface area contributed by atoms with E-state index in [4.69, 9.17) is 17.3 Å². The fourth-order valence-corrected chi connectivity index (χ4v) is 2.41. The first-order valence-electron chi connectivity index (χ1n) is 5.30. The van der Waals surface area contributed by atoms with E-state index >= 15 is 0 Å². The highest BCUT2D eigenvalue weighted by Gasteiger charge is 2.13. The molecule has 0 fully saturated rings. The maximum Gasteiger partial charge on any atom is 0.267 e. The Morgan fingerprint density at radius 2 is 2.16 bits per heavy atom. The number of amides is 2. The first-order valence-corrected chi connectivity index (χ1v) is 6.55. The molecule has 0 saturated carbocycles. The van der Waals surface area contributed by atoms with Gasteiger partial charge in [0.15, 0.2) is 0 Å². The van der Waals surface area contributed by atoms with E-state index in [1.165, 1.54) is 23.5 Å². The van der Waals surface area contributed by atoms with Crippen LogP contribution in [-0.4, -0.2) is 16.8 Å². The molecule has 0 spiro atoms. The molecule has 0 saturated heterocycles. The van der Waals surface area contributed by atoms with Crippen LogP contribution in [0, 0.1) is 6.92 Å². The molecule has 0 aliphatic rings. The standard InChI is InChI=1S/C12H10ClN3O2S/c1-6-10(19-5-15-6)12(18)16-7-2-3-9(13)8(4-7)11(14)17/h2-5H,1H3,(H2,14,17)(H,16,18). The molecule has 0 radical (unpaired) electrons. The molecule has 0 aliphatic heterocycles. The van der Waals surface area contributed by atoms with Crippen molar-refractivity contribution in [3.8, 4) is 0 Å². The van der Waals surface area contributed by atoms with Crippen LogP contribution in [0.15, 0.2) is 23.7 Å². The number of halogens is 1. The van der Waals surface area contributed by atoms with Gasteiger partial charge in [-0.2, -0.15) is 0 Å². The Hall–Kier alpha value is -1.92. The number of nitrogens with one attached hydrogen (secondary N) is 1. The second kappa shape index (κ2) is 5.38. The average molecular weight is 296 g/mol. The van der Waals surface area contributed by atoms with Crippen molar-refractivity contribution in [2.45, 2.75) is 6.92 Å². The lowest BCUT2D eigenvalue weighted by molar-refractivity contribution is 0.0996. The average Bonchev–Trinajstić information content (AvgIpc) is 2.77. The molecule has 2 rings (SSSR count). The summed E-state index contributed by atoms with van der Waals surface area (Å²) in [5.41, 5.74) is 8.07. The number of nitrogens with zero attached hydrogens (tertiary/aromatic N) is 1. The predicted molar refractivity (Wildman–Crippen MR) is 74.8 cm³/mol. The van der Waals surface area contributed by atoms with Gasteiger partial charge in [0.05, 0.1) is 21.8 Å². The van der Waals surface area contributed by atoms with Gasteiger partial charge in [-0.05, 0) is 25.1 Å². The molecule has 0 atom stereocenters. The highest BCUT2D eigenvalue weighted by atomic mass is 35.5. The number of aryl methyl sites for hydroxylation is 1. The fraction of sp³-hybridized carbons (Fsp3) is 0.0833. The van der Waals surface area contributed by atoms with E-state index in [-0.39, 0.29) is 16.5 Å². The van der Waals surface area contributed by atoms with Crippen LogP contribution in [0.1, 0.15) is 25.7 Å². The third kappa shape index (κ3) is 2.91. The number of hydrogen-bond acceptors (Lipinski definition) is 4. The Balaban J connectivity index is 2.25. The van der Waals surface area contributed by atoms with Gasteiger partial charge in [0.2, 0.25) is 5.91 Å². The molecule has 2 aromatic rings. The third-order valence-corrected chi connectivity index (χ3v) is 3.70. The van der Waals surface area contributed by atoms with Gasteiger partial charge in [0.1, 0.15) is 4.88 Å². The third-order valence-electron chi connectivity index (χ3n) is 2.44. The number of nitrogens with two attached hydrogens (primary N) is 1. The van der Waals surface area contributed by atoms with Crippen molar-refractivity contribution >= 4 is 40.4 Å². The minimum absolute atomic E-state index is 0.167. The van der Waals surface area contributed by atoms with Crippen LogP contribution in [0.4, 0.5) is 5.69 Å². The fourth-order valence-electron chi connectivity index (χ4n) is 1.50. The number of rotatable bonds is 3. The Labute approximate surface area is 118 Å². The van der Waals surface area contributed by atoms with Crippen molar-refractivity contribution < 1.29 is 9.59 Å². The molecule has 0 bridgehead atoms. The summed E-state index contributed by atoms with van der Waals surface area (Å²) in [6.45, 7) is 1.75. The molecule has 2 amide bonds. The quantitative estimate of drug-likeness (QED) is 0.912. The normalized spacial score (nSPS) is 10.2. The maximum atomic E-state index is 12.0. The summed E-state index contributed by atoms with van der Waals surface area (Å²) in [5, 5.41) is 2.92. The van der Waals surface area contributed by atoms with Crippen molar-refractivity contribution in [2.24, 2.45) is 5.73 Å². The minimum atomic E-state index is -0.643. The molecule has 5 nitrogen and oxygen atoms in total. The molecule has 19 heavy (non-hydrogen) atoms. The maximum absolute atomic E-state index is 12.0. The molecule has 0 aliphatic carbocycles. The van der Waals surface area contributed by atoms with E-state index in [9.17, 15) is 9.59 Å². The van der Waals surface area contributed by atoms with Crippen molar-refractivity contribution in [1.82, 2.24) is 4.98 Å². The van der Waals surface area contributed by atoms with E-state index in [1.807, 2.05) is 0 Å².